The second-order valence-electron chi connectivity index (χ2n) is 8.28. The van der Waals surface area contributed by atoms with Gasteiger partial charge in [-0.25, -0.2) is 13.9 Å². The van der Waals surface area contributed by atoms with Crippen LogP contribution in [0, 0.1) is 11.6 Å². The van der Waals surface area contributed by atoms with Crippen LogP contribution in [0.4, 0.5) is 8.78 Å². The van der Waals surface area contributed by atoms with Crippen LogP contribution >= 0.6 is 0 Å². The maximum absolute atomic E-state index is 13.5. The van der Waals surface area contributed by atoms with Gasteiger partial charge in [0.25, 0.3) is 11.5 Å². The molecule has 3 aromatic carbocycles. The van der Waals surface area contributed by atoms with E-state index in [-0.39, 0.29) is 34.8 Å². The van der Waals surface area contributed by atoms with Crippen molar-refractivity contribution in [2.45, 2.75) is 6.04 Å². The summed E-state index contributed by atoms with van der Waals surface area (Å²) < 4.78 is 27.1. The molecule has 0 bridgehead atoms. The Bertz CT molecular complexity index is 1330. The molecule has 1 aliphatic heterocycles. The first-order valence-corrected chi connectivity index (χ1v) is 11.0. The van der Waals surface area contributed by atoms with E-state index in [4.69, 9.17) is 0 Å². The van der Waals surface area contributed by atoms with Crippen LogP contribution in [-0.4, -0.2) is 52.1 Å². The first kappa shape index (κ1) is 21.9. The minimum atomic E-state index is -0.335. The van der Waals surface area contributed by atoms with Crippen molar-refractivity contribution in [1.29, 1.82) is 0 Å². The van der Waals surface area contributed by atoms with Gasteiger partial charge in [0.05, 0.1) is 11.4 Å². The van der Waals surface area contributed by atoms with E-state index >= 15 is 0 Å². The van der Waals surface area contributed by atoms with E-state index in [1.165, 1.54) is 24.3 Å². The Morgan fingerprint density at radius 2 is 1.32 bits per heavy atom. The molecule has 172 valence electrons. The molecule has 0 unspecified atom stereocenters. The number of benzene rings is 3. The number of aromatic nitrogens is 2. The number of nitrogens with one attached hydrogen (secondary N) is 1. The van der Waals surface area contributed by atoms with E-state index in [2.05, 4.69) is 15.1 Å². The lowest BCUT2D eigenvalue weighted by Crippen LogP contribution is -2.50. The van der Waals surface area contributed by atoms with Gasteiger partial charge >= 0.3 is 0 Å². The normalized spacial score (nSPS) is 14.6. The number of carbonyl (C=O) groups excluding carboxylic acids is 1. The van der Waals surface area contributed by atoms with E-state index in [9.17, 15) is 18.4 Å². The average Bonchev–Trinajstić information content (AvgIpc) is 2.87. The van der Waals surface area contributed by atoms with Crippen molar-refractivity contribution in [1.82, 2.24) is 20.0 Å². The molecule has 2 heterocycles. The SMILES string of the molecule is O=C(c1n[nH]c(=O)c2ccccc12)N1CCN(C(c2ccc(F)cc2)c2ccc(F)cc2)CC1. The third kappa shape index (κ3) is 4.20. The lowest BCUT2D eigenvalue weighted by atomic mass is 9.96. The van der Waals surface area contributed by atoms with Crippen LogP contribution < -0.4 is 5.56 Å². The third-order valence-electron chi connectivity index (χ3n) is 6.24. The summed E-state index contributed by atoms with van der Waals surface area (Å²) in [4.78, 5) is 29.2. The van der Waals surface area contributed by atoms with Crippen molar-refractivity contribution < 1.29 is 13.6 Å². The van der Waals surface area contributed by atoms with E-state index in [0.29, 0.717) is 37.0 Å². The fourth-order valence-corrected chi connectivity index (χ4v) is 4.51. The van der Waals surface area contributed by atoms with Gasteiger partial charge in [-0.1, -0.05) is 42.5 Å². The number of carbonyl (C=O) groups is 1. The summed E-state index contributed by atoms with van der Waals surface area (Å²) in [6, 6.07) is 19.3. The van der Waals surface area contributed by atoms with Gasteiger partial charge in [0.15, 0.2) is 5.69 Å². The third-order valence-corrected chi connectivity index (χ3v) is 6.24. The average molecular weight is 460 g/mol. The van der Waals surface area contributed by atoms with Crippen LogP contribution in [0.1, 0.15) is 27.7 Å². The number of H-pyrrole nitrogens is 1. The van der Waals surface area contributed by atoms with Crippen LogP contribution in [0.2, 0.25) is 0 Å². The van der Waals surface area contributed by atoms with E-state index < -0.39 is 0 Å². The van der Waals surface area contributed by atoms with Gasteiger partial charge in [-0.2, -0.15) is 5.10 Å². The fraction of sp³-hybridized carbons (Fsp3) is 0.192. The van der Waals surface area contributed by atoms with Crippen molar-refractivity contribution in [2.75, 3.05) is 26.2 Å². The largest absolute Gasteiger partial charge is 0.335 e. The van der Waals surface area contributed by atoms with Gasteiger partial charge in [-0.05, 0) is 41.5 Å². The number of aromatic amines is 1. The highest BCUT2D eigenvalue weighted by atomic mass is 19.1. The highest BCUT2D eigenvalue weighted by molar-refractivity contribution is 6.04. The van der Waals surface area contributed by atoms with Gasteiger partial charge < -0.3 is 4.90 Å². The first-order chi connectivity index (χ1) is 16.5. The minimum absolute atomic E-state index is 0.203. The van der Waals surface area contributed by atoms with E-state index in [1.807, 2.05) is 0 Å². The zero-order valence-electron chi connectivity index (χ0n) is 18.2. The predicted molar refractivity (Wildman–Crippen MR) is 124 cm³/mol. The topological polar surface area (TPSA) is 69.3 Å². The molecule has 5 rings (SSSR count). The molecule has 4 aromatic rings. The molecule has 0 spiro atoms. The maximum Gasteiger partial charge on any atom is 0.275 e. The van der Waals surface area contributed by atoms with Gasteiger partial charge in [0.1, 0.15) is 11.6 Å². The number of halogens is 2. The molecule has 1 fully saturated rings. The molecule has 0 radical (unpaired) electrons. The lowest BCUT2D eigenvalue weighted by Gasteiger charge is -2.39. The molecule has 8 heteroatoms. The summed E-state index contributed by atoms with van der Waals surface area (Å²) in [5.74, 6) is -0.887. The van der Waals surface area contributed by atoms with Gasteiger partial charge in [-0.15, -0.1) is 0 Å². The number of fused-ring (bicyclic) bond motifs is 1. The number of rotatable bonds is 4. The quantitative estimate of drug-likeness (QED) is 0.504. The molecule has 1 saturated heterocycles. The maximum atomic E-state index is 13.5. The Morgan fingerprint density at radius 3 is 1.88 bits per heavy atom. The van der Waals surface area contributed by atoms with Crippen molar-refractivity contribution in [2.24, 2.45) is 0 Å². The summed E-state index contributed by atoms with van der Waals surface area (Å²) in [6.07, 6.45) is 0. The second kappa shape index (κ2) is 9.15. The summed E-state index contributed by atoms with van der Waals surface area (Å²) >= 11 is 0. The standard InChI is InChI=1S/C26H22F2N4O2/c27-19-9-5-17(6-10-19)24(18-7-11-20(28)12-8-18)31-13-15-32(16-14-31)26(34)23-21-3-1-2-4-22(21)25(33)30-29-23/h1-12,24H,13-16H2,(H,30,33). The van der Waals surface area contributed by atoms with E-state index in [1.54, 1.807) is 53.4 Å². The second-order valence-corrected chi connectivity index (χ2v) is 8.28. The zero-order valence-corrected chi connectivity index (χ0v) is 18.2. The number of hydrogen-bond acceptors (Lipinski definition) is 4. The molecule has 6 nitrogen and oxygen atoms in total. The smallest absolute Gasteiger partial charge is 0.275 e. The summed E-state index contributed by atoms with van der Waals surface area (Å²) in [5, 5.41) is 7.40. The summed E-state index contributed by atoms with van der Waals surface area (Å²) in [7, 11) is 0. The van der Waals surface area contributed by atoms with Crippen molar-refractivity contribution in [3.05, 3.63) is 112 Å². The molecule has 0 saturated carbocycles. The Balaban J connectivity index is 1.39. The lowest BCUT2D eigenvalue weighted by molar-refractivity contribution is 0.0592. The molecule has 1 aromatic heterocycles. The molecule has 1 N–H and O–H groups in total. The molecule has 1 amide bonds. The monoisotopic (exact) mass is 460 g/mol. The van der Waals surface area contributed by atoms with Crippen LogP contribution in [0.3, 0.4) is 0 Å². The number of piperazine rings is 1. The Labute approximate surface area is 194 Å². The first-order valence-electron chi connectivity index (χ1n) is 11.0. The van der Waals surface area contributed by atoms with Crippen molar-refractivity contribution >= 4 is 16.7 Å². The van der Waals surface area contributed by atoms with Crippen molar-refractivity contribution in [3.63, 3.8) is 0 Å². The van der Waals surface area contributed by atoms with Crippen LogP contribution in [0.5, 0.6) is 0 Å². The van der Waals surface area contributed by atoms with Crippen molar-refractivity contribution in [3.8, 4) is 0 Å². The van der Waals surface area contributed by atoms with Gasteiger partial charge in [0, 0.05) is 31.6 Å². The number of hydrogen-bond donors (Lipinski definition) is 1. The van der Waals surface area contributed by atoms with Gasteiger partial charge in [-0.3, -0.25) is 14.5 Å². The van der Waals surface area contributed by atoms with Gasteiger partial charge in [0.2, 0.25) is 0 Å². The molecular weight excluding hydrogens is 438 g/mol. The molecular formula is C26H22F2N4O2. The predicted octanol–water partition coefficient (Wildman–Crippen LogP) is 3.75. The Hall–Kier alpha value is -3.91. The summed E-state index contributed by atoms with van der Waals surface area (Å²) in [6.45, 7) is 2.03. The molecule has 0 atom stereocenters. The number of amides is 1. The molecule has 0 aliphatic carbocycles. The van der Waals surface area contributed by atoms with Crippen LogP contribution in [-0.2, 0) is 0 Å². The van der Waals surface area contributed by atoms with Crippen LogP contribution in [0.15, 0.2) is 77.6 Å². The highest BCUT2D eigenvalue weighted by Crippen LogP contribution is 2.30. The zero-order chi connectivity index (χ0) is 23.7. The Kier molecular flexibility index (Phi) is 5.90. The molecule has 34 heavy (non-hydrogen) atoms. The summed E-state index contributed by atoms with van der Waals surface area (Å²) in [5.41, 5.74) is 1.66. The highest BCUT2D eigenvalue weighted by Gasteiger charge is 2.30. The molecule has 1 aliphatic rings. The number of nitrogens with zero attached hydrogens (tertiary/aromatic N) is 3. The van der Waals surface area contributed by atoms with E-state index in [0.717, 1.165) is 11.1 Å². The minimum Gasteiger partial charge on any atom is -0.335 e. The van der Waals surface area contributed by atoms with Crippen LogP contribution in [0.25, 0.3) is 10.8 Å². The Morgan fingerprint density at radius 1 is 0.794 bits per heavy atom. The fourth-order valence-electron chi connectivity index (χ4n) is 4.51.